The molecule has 122 valence electrons. The zero-order chi connectivity index (χ0) is 16.1. The van der Waals surface area contributed by atoms with Gasteiger partial charge in [0.25, 0.3) is 0 Å². The Kier molecular flexibility index (Phi) is 5.26. The van der Waals surface area contributed by atoms with Crippen LogP contribution in [-0.2, 0) is 6.42 Å². The normalized spacial score (nSPS) is 17.2. The molecule has 0 radical (unpaired) electrons. The number of hydrogen-bond donors (Lipinski definition) is 1. The van der Waals surface area contributed by atoms with Crippen LogP contribution in [0.15, 0.2) is 54.6 Å². The van der Waals surface area contributed by atoms with Crippen molar-refractivity contribution in [2.45, 2.75) is 12.5 Å². The lowest BCUT2D eigenvalue weighted by atomic mass is 10.1. The Hall–Kier alpha value is -1.91. The molecule has 1 unspecified atom stereocenters. The fourth-order valence-electron chi connectivity index (χ4n) is 3.13. The van der Waals surface area contributed by atoms with Gasteiger partial charge in [-0.2, -0.15) is 0 Å². The molecule has 1 saturated heterocycles. The van der Waals surface area contributed by atoms with E-state index in [1.807, 2.05) is 42.5 Å². The quantitative estimate of drug-likeness (QED) is 0.919. The molecule has 0 aliphatic carbocycles. The Labute approximate surface area is 137 Å². The summed E-state index contributed by atoms with van der Waals surface area (Å²) in [5, 5.41) is 10.3. The summed E-state index contributed by atoms with van der Waals surface area (Å²) in [7, 11) is 0. The molecular formula is C19H23FN2O. The minimum atomic E-state index is -0.364. The summed E-state index contributed by atoms with van der Waals surface area (Å²) in [5.74, 6) is -0.162. The van der Waals surface area contributed by atoms with E-state index in [2.05, 4.69) is 9.80 Å². The lowest BCUT2D eigenvalue weighted by Gasteiger charge is -2.37. The first-order chi connectivity index (χ1) is 11.2. The van der Waals surface area contributed by atoms with Gasteiger partial charge < -0.3 is 10.0 Å². The zero-order valence-electron chi connectivity index (χ0n) is 13.2. The summed E-state index contributed by atoms with van der Waals surface area (Å²) in [4.78, 5) is 4.33. The van der Waals surface area contributed by atoms with Gasteiger partial charge >= 0.3 is 0 Å². The number of nitrogens with zero attached hydrogens (tertiary/aromatic N) is 2. The first kappa shape index (κ1) is 16.0. The fraction of sp³-hybridized carbons (Fsp3) is 0.368. The molecule has 1 heterocycles. The maximum absolute atomic E-state index is 13.8. The standard InChI is InChI=1S/C19H23FN2O/c20-18-8-4-5-9-19(18)22-12-10-21(11-13-22)15-17(23)14-16-6-2-1-3-7-16/h1-9,17,23H,10-15H2. The average molecular weight is 314 g/mol. The van der Waals surface area contributed by atoms with Crippen molar-refractivity contribution in [2.24, 2.45) is 0 Å². The van der Waals surface area contributed by atoms with E-state index in [0.29, 0.717) is 18.7 Å². The van der Waals surface area contributed by atoms with E-state index in [0.717, 1.165) is 31.7 Å². The first-order valence-electron chi connectivity index (χ1n) is 8.16. The number of aliphatic hydroxyl groups excluding tert-OH is 1. The van der Waals surface area contributed by atoms with E-state index in [1.165, 1.54) is 6.07 Å². The number of anilines is 1. The van der Waals surface area contributed by atoms with E-state index in [1.54, 1.807) is 6.07 Å². The Morgan fingerprint density at radius 1 is 0.913 bits per heavy atom. The molecule has 2 aromatic carbocycles. The van der Waals surface area contributed by atoms with Gasteiger partial charge in [0.2, 0.25) is 0 Å². The van der Waals surface area contributed by atoms with E-state index in [-0.39, 0.29) is 11.9 Å². The summed E-state index contributed by atoms with van der Waals surface area (Å²) >= 11 is 0. The van der Waals surface area contributed by atoms with Crippen LogP contribution in [0.1, 0.15) is 5.56 Å². The van der Waals surface area contributed by atoms with Crippen molar-refractivity contribution < 1.29 is 9.50 Å². The minimum absolute atomic E-state index is 0.162. The summed E-state index contributed by atoms with van der Waals surface area (Å²) < 4.78 is 13.8. The van der Waals surface area contributed by atoms with Crippen molar-refractivity contribution in [3.05, 3.63) is 66.0 Å². The first-order valence-corrected chi connectivity index (χ1v) is 8.16. The molecule has 0 aromatic heterocycles. The van der Waals surface area contributed by atoms with Crippen molar-refractivity contribution in [1.29, 1.82) is 0 Å². The lowest BCUT2D eigenvalue weighted by molar-refractivity contribution is 0.109. The molecular weight excluding hydrogens is 291 g/mol. The molecule has 0 amide bonds. The number of halogens is 1. The van der Waals surface area contributed by atoms with Gasteiger partial charge in [-0.05, 0) is 24.1 Å². The summed E-state index contributed by atoms with van der Waals surface area (Å²) in [6.07, 6.45) is 0.311. The van der Waals surface area contributed by atoms with Gasteiger partial charge in [0.05, 0.1) is 11.8 Å². The fourth-order valence-corrected chi connectivity index (χ4v) is 3.13. The van der Waals surface area contributed by atoms with E-state index >= 15 is 0 Å². The SMILES string of the molecule is OC(Cc1ccccc1)CN1CCN(c2ccccc2F)CC1. The van der Waals surface area contributed by atoms with Gasteiger partial charge in [0, 0.05) is 32.7 Å². The van der Waals surface area contributed by atoms with Crippen molar-refractivity contribution in [3.8, 4) is 0 Å². The predicted octanol–water partition coefficient (Wildman–Crippen LogP) is 2.55. The van der Waals surface area contributed by atoms with Crippen LogP contribution in [-0.4, -0.2) is 48.8 Å². The van der Waals surface area contributed by atoms with Crippen LogP contribution in [0.25, 0.3) is 0 Å². The van der Waals surface area contributed by atoms with Gasteiger partial charge in [0.1, 0.15) is 5.82 Å². The van der Waals surface area contributed by atoms with Crippen LogP contribution in [0.2, 0.25) is 0 Å². The smallest absolute Gasteiger partial charge is 0.146 e. The molecule has 1 N–H and O–H groups in total. The van der Waals surface area contributed by atoms with Gasteiger partial charge in [-0.15, -0.1) is 0 Å². The molecule has 1 atom stereocenters. The highest BCUT2D eigenvalue weighted by Crippen LogP contribution is 2.20. The molecule has 0 saturated carbocycles. The third kappa shape index (κ3) is 4.30. The van der Waals surface area contributed by atoms with Crippen LogP contribution in [0.4, 0.5) is 10.1 Å². The van der Waals surface area contributed by atoms with Crippen molar-refractivity contribution in [1.82, 2.24) is 4.90 Å². The molecule has 1 aliphatic heterocycles. The summed E-state index contributed by atoms with van der Waals surface area (Å²) in [6.45, 7) is 3.94. The molecule has 0 spiro atoms. The van der Waals surface area contributed by atoms with E-state index in [9.17, 15) is 9.50 Å². The highest BCUT2D eigenvalue weighted by Gasteiger charge is 2.21. The van der Waals surface area contributed by atoms with Crippen LogP contribution < -0.4 is 4.90 Å². The number of rotatable bonds is 5. The largest absolute Gasteiger partial charge is 0.391 e. The molecule has 0 bridgehead atoms. The number of β-amino-alcohol motifs (C(OH)–C–C–N with tert-alkyl or cyclic N) is 1. The maximum Gasteiger partial charge on any atom is 0.146 e. The summed E-state index contributed by atoms with van der Waals surface area (Å²) in [5.41, 5.74) is 1.84. The number of para-hydroxylation sites is 1. The predicted molar refractivity (Wildman–Crippen MR) is 91.2 cm³/mol. The molecule has 4 heteroatoms. The van der Waals surface area contributed by atoms with E-state index < -0.39 is 0 Å². The van der Waals surface area contributed by atoms with Crippen molar-refractivity contribution in [3.63, 3.8) is 0 Å². The second-order valence-corrected chi connectivity index (χ2v) is 6.08. The highest BCUT2D eigenvalue weighted by molar-refractivity contribution is 5.47. The number of hydrogen-bond acceptors (Lipinski definition) is 3. The zero-order valence-corrected chi connectivity index (χ0v) is 13.2. The lowest BCUT2D eigenvalue weighted by Crippen LogP contribution is -2.49. The van der Waals surface area contributed by atoms with E-state index in [4.69, 9.17) is 0 Å². The third-order valence-electron chi connectivity index (χ3n) is 4.35. The Morgan fingerprint density at radius 3 is 2.26 bits per heavy atom. The molecule has 1 aliphatic rings. The monoisotopic (exact) mass is 314 g/mol. The van der Waals surface area contributed by atoms with Crippen LogP contribution in [0.3, 0.4) is 0 Å². The second-order valence-electron chi connectivity index (χ2n) is 6.08. The van der Waals surface area contributed by atoms with Crippen molar-refractivity contribution in [2.75, 3.05) is 37.6 Å². The Bertz CT molecular complexity index is 612. The van der Waals surface area contributed by atoms with Crippen LogP contribution in [0.5, 0.6) is 0 Å². The number of benzene rings is 2. The van der Waals surface area contributed by atoms with Gasteiger partial charge in [-0.1, -0.05) is 42.5 Å². The van der Waals surface area contributed by atoms with Gasteiger partial charge in [-0.25, -0.2) is 4.39 Å². The molecule has 2 aromatic rings. The van der Waals surface area contributed by atoms with Crippen LogP contribution >= 0.6 is 0 Å². The summed E-state index contributed by atoms with van der Waals surface area (Å²) in [6, 6.07) is 17.0. The molecule has 23 heavy (non-hydrogen) atoms. The number of piperazine rings is 1. The minimum Gasteiger partial charge on any atom is -0.391 e. The molecule has 1 fully saturated rings. The third-order valence-corrected chi connectivity index (χ3v) is 4.35. The van der Waals surface area contributed by atoms with Crippen molar-refractivity contribution >= 4 is 5.69 Å². The van der Waals surface area contributed by atoms with Gasteiger partial charge in [0.15, 0.2) is 0 Å². The topological polar surface area (TPSA) is 26.7 Å². The highest BCUT2D eigenvalue weighted by atomic mass is 19.1. The molecule has 3 nitrogen and oxygen atoms in total. The second kappa shape index (κ2) is 7.57. The Balaban J connectivity index is 1.48. The van der Waals surface area contributed by atoms with Gasteiger partial charge in [-0.3, -0.25) is 4.90 Å². The molecule has 3 rings (SSSR count). The average Bonchev–Trinajstić information content (AvgIpc) is 2.57. The Morgan fingerprint density at radius 2 is 1.57 bits per heavy atom. The number of aliphatic hydroxyl groups is 1. The van der Waals surface area contributed by atoms with Crippen LogP contribution in [0, 0.1) is 5.82 Å². The maximum atomic E-state index is 13.8.